The molecule has 0 aromatic rings. The van der Waals surface area contributed by atoms with E-state index in [4.69, 9.17) is 4.74 Å². The smallest absolute Gasteiger partial charge is 0.316 e. The van der Waals surface area contributed by atoms with Crippen molar-refractivity contribution in [1.29, 1.82) is 0 Å². The van der Waals surface area contributed by atoms with Gasteiger partial charge in [-0.15, -0.1) is 12.4 Å². The summed E-state index contributed by atoms with van der Waals surface area (Å²) in [5.74, 6) is 0. The molecule has 8 heavy (non-hydrogen) atoms. The van der Waals surface area contributed by atoms with Crippen LogP contribution in [0.1, 0.15) is 19.8 Å². The second-order valence-electron chi connectivity index (χ2n) is 1.82. The number of rotatable bonds is 0. The van der Waals surface area contributed by atoms with Crippen LogP contribution in [-0.4, -0.2) is 35.8 Å². The van der Waals surface area contributed by atoms with Gasteiger partial charge >= 0.3 is 23.1 Å². The zero-order chi connectivity index (χ0) is 4.41. The summed E-state index contributed by atoms with van der Waals surface area (Å²) in [5.41, 5.74) is 0. The molecule has 3 heteroatoms. The van der Waals surface area contributed by atoms with E-state index in [-0.39, 0.29) is 35.5 Å². The average Bonchev–Trinajstić information content (AvgIpc) is 1.86. The number of hydrogen-bond donors (Lipinski definition) is 0. The van der Waals surface area contributed by atoms with Gasteiger partial charge in [0.25, 0.3) is 0 Å². The quantitative estimate of drug-likeness (QED) is 0.460. The van der Waals surface area contributed by atoms with E-state index in [1.165, 1.54) is 12.8 Å². The van der Waals surface area contributed by atoms with E-state index in [9.17, 15) is 0 Å². The fourth-order valence-corrected chi connectivity index (χ4v) is 0.739. The van der Waals surface area contributed by atoms with Crippen molar-refractivity contribution in [2.24, 2.45) is 0 Å². The summed E-state index contributed by atoms with van der Waals surface area (Å²) < 4.78 is 5.15. The number of hydrogen-bond acceptors (Lipinski definition) is 1. The van der Waals surface area contributed by atoms with Gasteiger partial charge in [0.05, 0.1) is 6.10 Å². The molecule has 0 saturated carbocycles. The minimum absolute atomic E-state index is 0. The first-order valence-electron chi connectivity index (χ1n) is 2.51. The predicted octanol–water partition coefficient (Wildman–Crippen LogP) is 0.691. The largest absolute Gasteiger partial charge is 0.379 e. The third-order valence-corrected chi connectivity index (χ3v) is 1.16. The summed E-state index contributed by atoms with van der Waals surface area (Å²) in [7, 11) is 0. The molecule has 0 radical (unpaired) electrons. The highest BCUT2D eigenvalue weighted by Crippen LogP contribution is 2.09. The molecule has 48 valence electrons. The fourth-order valence-electron chi connectivity index (χ4n) is 0.739. The summed E-state index contributed by atoms with van der Waals surface area (Å²) in [6, 6.07) is 0. The molecule has 0 aromatic heterocycles. The predicted molar refractivity (Wildman–Crippen MR) is 40.4 cm³/mol. The maximum Gasteiger partial charge on any atom is 0.316 e. The van der Waals surface area contributed by atoms with Crippen molar-refractivity contribution in [2.45, 2.75) is 25.9 Å². The Kier molecular flexibility index (Phi) is 9.03. The lowest BCUT2D eigenvalue weighted by atomic mass is 10.3. The lowest BCUT2D eigenvalue weighted by Crippen LogP contribution is -1.94. The summed E-state index contributed by atoms with van der Waals surface area (Å²) in [5, 5.41) is 0. The molecule has 1 fully saturated rings. The van der Waals surface area contributed by atoms with Gasteiger partial charge in [-0.25, -0.2) is 0 Å². The van der Waals surface area contributed by atoms with Crippen molar-refractivity contribution < 1.29 is 4.74 Å². The molecule has 0 aliphatic carbocycles. The van der Waals surface area contributed by atoms with Crippen molar-refractivity contribution in [3.63, 3.8) is 0 Å². The van der Waals surface area contributed by atoms with Crippen LogP contribution in [0.3, 0.4) is 0 Å². The van der Waals surface area contributed by atoms with Gasteiger partial charge in [0.2, 0.25) is 0 Å². The van der Waals surface area contributed by atoms with Gasteiger partial charge in [0.1, 0.15) is 0 Å². The highest BCUT2D eigenvalue weighted by atomic mass is 35.5. The van der Waals surface area contributed by atoms with Crippen LogP contribution >= 0.6 is 12.4 Å². The molecule has 0 aromatic carbocycles. The molecule has 1 saturated heterocycles. The van der Waals surface area contributed by atoms with Gasteiger partial charge in [-0.2, -0.15) is 0 Å². The van der Waals surface area contributed by atoms with Gasteiger partial charge in [0, 0.05) is 6.61 Å². The Morgan fingerprint density at radius 2 is 2.12 bits per heavy atom. The summed E-state index contributed by atoms with van der Waals surface area (Å²) in [4.78, 5) is 0. The topological polar surface area (TPSA) is 9.23 Å². The van der Waals surface area contributed by atoms with Gasteiger partial charge < -0.3 is 4.74 Å². The van der Waals surface area contributed by atoms with Crippen LogP contribution in [0.15, 0.2) is 0 Å². The maximum atomic E-state index is 5.15. The average molecular weight is 149 g/mol. The molecule has 1 heterocycles. The Labute approximate surface area is 72.7 Å². The minimum atomic E-state index is 0. The first-order valence-corrected chi connectivity index (χ1v) is 2.51. The third-order valence-electron chi connectivity index (χ3n) is 1.16. The highest BCUT2D eigenvalue weighted by Gasteiger charge is 2.07. The van der Waals surface area contributed by atoms with Crippen molar-refractivity contribution in [2.75, 3.05) is 6.61 Å². The van der Waals surface area contributed by atoms with Gasteiger partial charge in [0.15, 0.2) is 0 Å². The summed E-state index contributed by atoms with van der Waals surface area (Å²) >= 11 is 0. The summed E-state index contributed by atoms with van der Waals surface area (Å²) in [6.45, 7) is 3.11. The second kappa shape index (κ2) is 6.14. The normalized spacial score (nSPS) is 25.9. The van der Waals surface area contributed by atoms with E-state index in [0.717, 1.165) is 6.61 Å². The van der Waals surface area contributed by atoms with Crippen molar-refractivity contribution in [3.8, 4) is 0 Å². The molecular formula is C5H13ClMgO. The van der Waals surface area contributed by atoms with Gasteiger partial charge in [-0.3, -0.25) is 0 Å². The Morgan fingerprint density at radius 1 is 1.50 bits per heavy atom. The zero-order valence-electron chi connectivity index (χ0n) is 4.52. The van der Waals surface area contributed by atoms with E-state index in [0.29, 0.717) is 6.10 Å². The number of ether oxygens (including phenoxy) is 1. The fraction of sp³-hybridized carbons (Fsp3) is 1.00. The lowest BCUT2D eigenvalue weighted by Gasteiger charge is -1.94. The van der Waals surface area contributed by atoms with Crippen molar-refractivity contribution in [1.82, 2.24) is 0 Å². The van der Waals surface area contributed by atoms with Crippen LogP contribution in [0.5, 0.6) is 0 Å². The SMILES string of the molecule is CC1CCCO1.Cl.[MgH2]. The molecule has 1 aliphatic rings. The van der Waals surface area contributed by atoms with Crippen LogP contribution < -0.4 is 0 Å². The zero-order valence-corrected chi connectivity index (χ0v) is 5.33. The van der Waals surface area contributed by atoms with E-state index < -0.39 is 0 Å². The van der Waals surface area contributed by atoms with Gasteiger partial charge in [-0.1, -0.05) is 0 Å². The number of halogens is 1. The highest BCUT2D eigenvalue weighted by molar-refractivity contribution is 5.85. The Hall–Kier alpha value is 1.02. The van der Waals surface area contributed by atoms with Crippen LogP contribution in [0.2, 0.25) is 0 Å². The van der Waals surface area contributed by atoms with Gasteiger partial charge in [-0.05, 0) is 19.8 Å². The Morgan fingerprint density at radius 3 is 2.25 bits per heavy atom. The van der Waals surface area contributed by atoms with Crippen LogP contribution in [-0.2, 0) is 4.74 Å². The molecule has 1 rings (SSSR count). The Balaban J connectivity index is 0. The summed E-state index contributed by atoms with van der Waals surface area (Å²) in [6.07, 6.45) is 3.08. The minimum Gasteiger partial charge on any atom is -0.379 e. The first-order chi connectivity index (χ1) is 2.89. The maximum absolute atomic E-state index is 5.15. The second-order valence-corrected chi connectivity index (χ2v) is 1.82. The first kappa shape index (κ1) is 11.8. The van der Waals surface area contributed by atoms with E-state index in [1.54, 1.807) is 0 Å². The third kappa shape index (κ3) is 3.95. The van der Waals surface area contributed by atoms with Crippen molar-refractivity contribution in [3.05, 3.63) is 0 Å². The van der Waals surface area contributed by atoms with E-state index in [1.807, 2.05) is 0 Å². The van der Waals surface area contributed by atoms with Crippen LogP contribution in [0, 0.1) is 0 Å². The molecule has 0 bridgehead atoms. The molecule has 1 unspecified atom stereocenters. The molecule has 1 nitrogen and oxygen atoms in total. The Bertz CT molecular complexity index is 45.7. The molecule has 0 amide bonds. The molecule has 1 aliphatic heterocycles. The van der Waals surface area contributed by atoms with Crippen molar-refractivity contribution >= 4 is 35.5 Å². The van der Waals surface area contributed by atoms with E-state index >= 15 is 0 Å². The van der Waals surface area contributed by atoms with Crippen LogP contribution in [0.25, 0.3) is 0 Å². The van der Waals surface area contributed by atoms with Crippen LogP contribution in [0.4, 0.5) is 0 Å². The molecular weight excluding hydrogens is 136 g/mol. The molecule has 1 atom stereocenters. The standard InChI is InChI=1S/C5H10O.ClH.Mg.2H/c1-5-3-2-4-6-5;;;;/h5H,2-4H2,1H3;1H;;;. The molecule has 0 spiro atoms. The molecule has 0 N–H and O–H groups in total. The van der Waals surface area contributed by atoms with E-state index in [2.05, 4.69) is 6.92 Å². The lowest BCUT2D eigenvalue weighted by molar-refractivity contribution is 0.125. The monoisotopic (exact) mass is 148 g/mol.